The highest BCUT2D eigenvalue weighted by Gasteiger charge is 2.23. The van der Waals surface area contributed by atoms with Crippen LogP contribution in [0.2, 0.25) is 0 Å². The Hall–Kier alpha value is -0.980. The number of carbonyl (C=O) groups excluding carboxylic acids is 1. The number of nitrogens with two attached hydrogens (primary N) is 1. The van der Waals surface area contributed by atoms with Crippen LogP contribution >= 0.6 is 11.3 Å². The SMILES string of the molecule is CC1CCN(Cc2csc(C(=O)NN)n2)C(C)C1. The number of hydrazine groups is 1. The van der Waals surface area contributed by atoms with E-state index in [0.29, 0.717) is 11.0 Å². The van der Waals surface area contributed by atoms with Crippen molar-refractivity contribution in [3.05, 3.63) is 16.1 Å². The Morgan fingerprint density at radius 3 is 3.11 bits per heavy atom. The smallest absolute Gasteiger partial charge is 0.294 e. The Labute approximate surface area is 111 Å². The Morgan fingerprint density at radius 2 is 2.44 bits per heavy atom. The summed E-state index contributed by atoms with van der Waals surface area (Å²) in [4.78, 5) is 18.1. The van der Waals surface area contributed by atoms with Gasteiger partial charge in [-0.2, -0.15) is 0 Å². The number of nitrogen functional groups attached to an aromatic ring is 1. The Balaban J connectivity index is 1.97. The third-order valence-electron chi connectivity index (χ3n) is 3.52. The molecule has 1 aliphatic heterocycles. The molecule has 1 aromatic rings. The summed E-state index contributed by atoms with van der Waals surface area (Å²) >= 11 is 1.34. The van der Waals surface area contributed by atoms with Gasteiger partial charge in [-0.25, -0.2) is 10.8 Å². The van der Waals surface area contributed by atoms with E-state index in [9.17, 15) is 4.79 Å². The van der Waals surface area contributed by atoms with E-state index in [-0.39, 0.29) is 5.91 Å². The van der Waals surface area contributed by atoms with Gasteiger partial charge in [-0.3, -0.25) is 15.1 Å². The molecule has 2 unspecified atom stereocenters. The van der Waals surface area contributed by atoms with Gasteiger partial charge in [0.15, 0.2) is 5.01 Å². The van der Waals surface area contributed by atoms with E-state index < -0.39 is 0 Å². The van der Waals surface area contributed by atoms with Crippen LogP contribution in [-0.4, -0.2) is 28.4 Å². The van der Waals surface area contributed by atoms with Crippen molar-refractivity contribution in [1.82, 2.24) is 15.3 Å². The van der Waals surface area contributed by atoms with Gasteiger partial charge in [0.05, 0.1) is 5.69 Å². The second-order valence-corrected chi connectivity index (χ2v) is 5.92. The Bertz CT molecular complexity index is 420. The highest BCUT2D eigenvalue weighted by atomic mass is 32.1. The molecular formula is C12H20N4OS. The summed E-state index contributed by atoms with van der Waals surface area (Å²) in [5, 5.41) is 2.38. The van der Waals surface area contributed by atoms with Crippen molar-refractivity contribution in [2.24, 2.45) is 11.8 Å². The number of piperidine rings is 1. The van der Waals surface area contributed by atoms with Gasteiger partial charge in [-0.15, -0.1) is 11.3 Å². The van der Waals surface area contributed by atoms with Crippen LogP contribution in [0.1, 0.15) is 42.2 Å². The molecule has 2 rings (SSSR count). The first kappa shape index (κ1) is 13.5. The van der Waals surface area contributed by atoms with Crippen molar-refractivity contribution in [2.75, 3.05) is 6.54 Å². The first-order valence-corrected chi connectivity index (χ1v) is 7.17. The van der Waals surface area contributed by atoms with Gasteiger partial charge in [0.25, 0.3) is 5.91 Å². The number of hydrogen-bond donors (Lipinski definition) is 2. The molecule has 1 amide bonds. The van der Waals surface area contributed by atoms with E-state index in [2.05, 4.69) is 29.2 Å². The molecule has 0 radical (unpaired) electrons. The van der Waals surface area contributed by atoms with Gasteiger partial charge < -0.3 is 0 Å². The first-order valence-electron chi connectivity index (χ1n) is 6.29. The second-order valence-electron chi connectivity index (χ2n) is 5.07. The van der Waals surface area contributed by atoms with E-state index in [0.717, 1.165) is 24.7 Å². The minimum atomic E-state index is -0.313. The number of nitrogens with zero attached hydrogens (tertiary/aromatic N) is 2. The molecule has 0 bridgehead atoms. The van der Waals surface area contributed by atoms with Crippen molar-refractivity contribution in [3.63, 3.8) is 0 Å². The largest absolute Gasteiger partial charge is 0.295 e. The predicted molar refractivity (Wildman–Crippen MR) is 72.0 cm³/mol. The van der Waals surface area contributed by atoms with Crippen molar-refractivity contribution in [1.29, 1.82) is 0 Å². The molecular weight excluding hydrogens is 248 g/mol. The third kappa shape index (κ3) is 3.07. The fourth-order valence-corrected chi connectivity index (χ4v) is 3.16. The molecule has 1 aliphatic rings. The van der Waals surface area contributed by atoms with Gasteiger partial charge in [-0.1, -0.05) is 6.92 Å². The van der Waals surface area contributed by atoms with Crippen molar-refractivity contribution < 1.29 is 4.79 Å². The molecule has 0 spiro atoms. The summed E-state index contributed by atoms with van der Waals surface area (Å²) in [6.07, 6.45) is 2.48. The highest BCUT2D eigenvalue weighted by molar-refractivity contribution is 7.11. The average molecular weight is 268 g/mol. The average Bonchev–Trinajstić information content (AvgIpc) is 2.80. The van der Waals surface area contributed by atoms with Crippen LogP contribution in [0.25, 0.3) is 0 Å². The normalized spacial score (nSPS) is 25.1. The van der Waals surface area contributed by atoms with Crippen LogP contribution in [0.15, 0.2) is 5.38 Å². The maximum Gasteiger partial charge on any atom is 0.294 e. The molecule has 0 aliphatic carbocycles. The minimum Gasteiger partial charge on any atom is -0.295 e. The standard InChI is InChI=1S/C12H20N4OS/c1-8-3-4-16(9(2)5-8)6-10-7-18-12(14-10)11(17)15-13/h7-9H,3-6,13H2,1-2H3,(H,15,17). The number of aromatic nitrogens is 1. The number of carbonyl (C=O) groups is 1. The minimum absolute atomic E-state index is 0.313. The monoisotopic (exact) mass is 268 g/mol. The maximum absolute atomic E-state index is 11.3. The second kappa shape index (κ2) is 5.77. The van der Waals surface area contributed by atoms with Crippen LogP contribution in [0.4, 0.5) is 0 Å². The topological polar surface area (TPSA) is 71.2 Å². The summed E-state index contributed by atoms with van der Waals surface area (Å²) in [7, 11) is 0. The van der Waals surface area contributed by atoms with Crippen molar-refractivity contribution >= 4 is 17.2 Å². The molecule has 2 atom stereocenters. The lowest BCUT2D eigenvalue weighted by atomic mass is 9.93. The van der Waals surface area contributed by atoms with Crippen molar-refractivity contribution in [2.45, 2.75) is 39.3 Å². The van der Waals surface area contributed by atoms with Gasteiger partial charge in [-0.05, 0) is 32.2 Å². The van der Waals surface area contributed by atoms with Gasteiger partial charge in [0.2, 0.25) is 0 Å². The summed E-state index contributed by atoms with van der Waals surface area (Å²) < 4.78 is 0. The number of likely N-dealkylation sites (tertiary alicyclic amines) is 1. The van der Waals surface area contributed by atoms with E-state index >= 15 is 0 Å². The van der Waals surface area contributed by atoms with Gasteiger partial charge in [0.1, 0.15) is 0 Å². The fraction of sp³-hybridized carbons (Fsp3) is 0.667. The number of amides is 1. The predicted octanol–water partition coefficient (Wildman–Crippen LogP) is 1.37. The number of nitrogens with one attached hydrogen (secondary N) is 1. The van der Waals surface area contributed by atoms with E-state index in [1.54, 1.807) is 0 Å². The summed E-state index contributed by atoms with van der Waals surface area (Å²) in [5.41, 5.74) is 3.07. The van der Waals surface area contributed by atoms with E-state index in [1.807, 2.05) is 5.38 Å². The van der Waals surface area contributed by atoms with Crippen LogP contribution in [0.5, 0.6) is 0 Å². The van der Waals surface area contributed by atoms with Crippen LogP contribution in [-0.2, 0) is 6.54 Å². The Morgan fingerprint density at radius 1 is 1.67 bits per heavy atom. The molecule has 1 fully saturated rings. The molecule has 5 nitrogen and oxygen atoms in total. The molecule has 0 saturated carbocycles. The molecule has 2 heterocycles. The molecule has 3 N–H and O–H groups in total. The molecule has 0 aromatic carbocycles. The zero-order chi connectivity index (χ0) is 13.1. The van der Waals surface area contributed by atoms with Gasteiger partial charge >= 0.3 is 0 Å². The van der Waals surface area contributed by atoms with E-state index in [4.69, 9.17) is 5.84 Å². The maximum atomic E-state index is 11.3. The fourth-order valence-electron chi connectivity index (χ4n) is 2.44. The van der Waals surface area contributed by atoms with Crippen LogP contribution in [0, 0.1) is 5.92 Å². The number of hydrogen-bond acceptors (Lipinski definition) is 5. The first-order chi connectivity index (χ1) is 8.60. The Kier molecular flexibility index (Phi) is 4.31. The van der Waals surface area contributed by atoms with E-state index in [1.165, 1.54) is 24.2 Å². The lowest BCUT2D eigenvalue weighted by Crippen LogP contribution is -2.39. The quantitative estimate of drug-likeness (QED) is 0.493. The third-order valence-corrected chi connectivity index (χ3v) is 4.41. The van der Waals surface area contributed by atoms with Crippen LogP contribution in [0.3, 0.4) is 0 Å². The molecule has 6 heteroatoms. The molecule has 100 valence electrons. The molecule has 1 saturated heterocycles. The number of thiazole rings is 1. The lowest BCUT2D eigenvalue weighted by Gasteiger charge is -2.36. The van der Waals surface area contributed by atoms with Gasteiger partial charge in [0, 0.05) is 18.0 Å². The zero-order valence-corrected chi connectivity index (χ0v) is 11.7. The van der Waals surface area contributed by atoms with Crippen LogP contribution < -0.4 is 11.3 Å². The molecule has 18 heavy (non-hydrogen) atoms. The van der Waals surface area contributed by atoms with Crippen molar-refractivity contribution in [3.8, 4) is 0 Å². The molecule has 1 aromatic heterocycles. The summed E-state index contributed by atoms with van der Waals surface area (Å²) in [5.74, 6) is 5.59. The summed E-state index contributed by atoms with van der Waals surface area (Å²) in [6, 6.07) is 0.585. The number of rotatable bonds is 3. The summed E-state index contributed by atoms with van der Waals surface area (Å²) in [6.45, 7) is 6.50. The highest BCUT2D eigenvalue weighted by Crippen LogP contribution is 2.24. The zero-order valence-electron chi connectivity index (χ0n) is 10.8. The lowest BCUT2D eigenvalue weighted by molar-refractivity contribution is 0.0952.